The number of cyclic esters (lactones) is 1. The Morgan fingerprint density at radius 3 is 1.21 bits per heavy atom. The Bertz CT molecular complexity index is 2640. The maximum Gasteiger partial charge on any atom is 0.432 e. The van der Waals surface area contributed by atoms with Gasteiger partial charge in [0.05, 0.1) is 12.2 Å². The van der Waals surface area contributed by atoms with Crippen LogP contribution < -0.4 is 0 Å². The molecule has 3 aromatic carbocycles. The summed E-state index contributed by atoms with van der Waals surface area (Å²) in [6.45, 7) is 3.72. The van der Waals surface area contributed by atoms with Gasteiger partial charge in [-0.1, -0.05) is 162 Å². The number of benzene rings is 3. The van der Waals surface area contributed by atoms with Gasteiger partial charge in [-0.3, -0.25) is 4.79 Å². The topological polar surface area (TPSA) is 159 Å². The SMILES string of the molecule is CCCCCCCCCCCC[C@H](OC(=O)[C@@](OC)(c1ccccc1)C(F)(F)F)[C@@H]1CC[C@H]([C@@H](CCCCC(=O)CCCCC[C@H](CC2=C[C@H](C)OC2=O)OC(=O)[C@@](OC)(c2ccccc2)C(F)(F)F)OC(=O)[C@@](OC)(c2ccccc2)C(F)(F)F)O1. The van der Waals surface area contributed by atoms with Crippen molar-refractivity contribution >= 4 is 29.7 Å². The van der Waals surface area contributed by atoms with E-state index in [9.17, 15) is 37.1 Å². The number of unbranched alkanes of at least 4 members (excludes halogenated alkanes) is 12. The molecule has 484 valence electrons. The van der Waals surface area contributed by atoms with Crippen molar-refractivity contribution in [2.45, 2.75) is 233 Å². The third-order valence-electron chi connectivity index (χ3n) is 16.2. The monoisotopic (exact) mass is 1240 g/mol. The number of carbonyl (C=O) groups excluding carboxylic acids is 5. The van der Waals surface area contributed by atoms with Crippen molar-refractivity contribution in [3.05, 3.63) is 119 Å². The van der Waals surface area contributed by atoms with Crippen molar-refractivity contribution in [1.82, 2.24) is 0 Å². The predicted octanol–water partition coefficient (Wildman–Crippen LogP) is 15.2. The summed E-state index contributed by atoms with van der Waals surface area (Å²) in [6, 6.07) is 18.7. The van der Waals surface area contributed by atoms with Crippen molar-refractivity contribution in [3.8, 4) is 0 Å². The highest BCUT2D eigenvalue weighted by atomic mass is 19.4. The van der Waals surface area contributed by atoms with Gasteiger partial charge in [-0.25, -0.2) is 19.2 Å². The van der Waals surface area contributed by atoms with E-state index in [-0.39, 0.29) is 82.0 Å². The van der Waals surface area contributed by atoms with E-state index in [1.54, 1.807) is 6.92 Å². The Morgan fingerprint density at radius 2 is 0.839 bits per heavy atom. The highest BCUT2D eigenvalue weighted by Gasteiger charge is 2.67. The third kappa shape index (κ3) is 18.6. The Hall–Kier alpha value is -5.84. The minimum absolute atomic E-state index is 0.00376. The summed E-state index contributed by atoms with van der Waals surface area (Å²) in [4.78, 5) is 67.7. The quantitative estimate of drug-likeness (QED) is 0.0231. The van der Waals surface area contributed by atoms with Crippen LogP contribution in [0, 0.1) is 0 Å². The van der Waals surface area contributed by atoms with Gasteiger partial charge in [-0.05, 0) is 77.2 Å². The summed E-state index contributed by atoms with van der Waals surface area (Å²) in [5.74, 6) is -6.22. The van der Waals surface area contributed by atoms with Gasteiger partial charge < -0.3 is 37.9 Å². The molecule has 87 heavy (non-hydrogen) atoms. The first-order valence-corrected chi connectivity index (χ1v) is 30.1. The summed E-state index contributed by atoms with van der Waals surface area (Å²) >= 11 is 0. The van der Waals surface area contributed by atoms with Gasteiger partial charge in [-0.2, -0.15) is 39.5 Å². The zero-order chi connectivity index (χ0) is 63.9. The number of hydrogen-bond donors (Lipinski definition) is 0. The Morgan fingerprint density at radius 1 is 0.494 bits per heavy atom. The average Bonchev–Trinajstić information content (AvgIpc) is 1.36. The molecule has 2 heterocycles. The lowest BCUT2D eigenvalue weighted by molar-refractivity contribution is -0.281. The van der Waals surface area contributed by atoms with E-state index in [4.69, 9.17) is 37.9 Å². The lowest BCUT2D eigenvalue weighted by atomic mass is 9.92. The number of rotatable bonds is 38. The van der Waals surface area contributed by atoms with E-state index in [1.165, 1.54) is 60.7 Å². The summed E-state index contributed by atoms with van der Waals surface area (Å²) in [5, 5.41) is 0. The molecule has 0 bridgehead atoms. The highest BCUT2D eigenvalue weighted by Crippen LogP contribution is 2.47. The first-order valence-electron chi connectivity index (χ1n) is 30.1. The maximum atomic E-state index is 15.2. The van der Waals surface area contributed by atoms with E-state index in [0.717, 1.165) is 102 Å². The standard InChI is InChI=1S/C65H83F9O13/c1-6-7-8-9-10-11-12-13-14-27-39-52(86-58(78)61(81-4,64(69,70)71)48-32-21-16-22-33-48)54-41-42-55(85-54)53(87-59(79)62(82-5,65(72,73)74)49-34-23-17-24-35-49)40-29-28-37-50(75)36-25-18-26-38-51(44-46-43-45(2)83-56(46)76)84-57(77)60(80-3,63(66,67)68)47-30-19-15-20-31-47/h15-17,19-24,30-35,43,45,51-55H,6-14,18,25-29,36-42,44H2,1-5H3/t45-,51+,52-,53+,54-,55+,60-,61-,62-/m0/s1. The van der Waals surface area contributed by atoms with Crippen molar-refractivity contribution in [2.75, 3.05) is 21.3 Å². The number of Topliss-reactive ketones (excluding diaryl/α,β-unsaturated/α-hetero) is 1. The second kappa shape index (κ2) is 33.7. The molecule has 5 rings (SSSR count). The molecule has 0 aromatic heterocycles. The molecular weight excluding hydrogens is 1160 g/mol. The molecule has 3 aromatic rings. The van der Waals surface area contributed by atoms with E-state index in [0.29, 0.717) is 32.8 Å². The van der Waals surface area contributed by atoms with E-state index < -0.39 is 113 Å². The van der Waals surface area contributed by atoms with Crippen LogP contribution >= 0.6 is 0 Å². The number of esters is 4. The Balaban J connectivity index is 1.29. The molecule has 1 saturated heterocycles. The van der Waals surface area contributed by atoms with E-state index in [1.807, 2.05) is 0 Å². The van der Waals surface area contributed by atoms with Crippen LogP contribution in [0.5, 0.6) is 0 Å². The van der Waals surface area contributed by atoms with Crippen molar-refractivity contribution in [1.29, 1.82) is 0 Å². The Labute approximate surface area is 503 Å². The van der Waals surface area contributed by atoms with Gasteiger partial charge >= 0.3 is 42.4 Å². The molecule has 1 fully saturated rings. The molecule has 0 amide bonds. The fourth-order valence-corrected chi connectivity index (χ4v) is 11.4. The second-order valence-electron chi connectivity index (χ2n) is 22.3. The highest BCUT2D eigenvalue weighted by molar-refractivity contribution is 5.91. The molecule has 0 unspecified atom stereocenters. The zero-order valence-corrected chi connectivity index (χ0v) is 50.2. The van der Waals surface area contributed by atoms with Crippen LogP contribution in [0.2, 0.25) is 0 Å². The number of methoxy groups -OCH3 is 3. The molecule has 9 atom stereocenters. The second-order valence-corrected chi connectivity index (χ2v) is 22.3. The number of carbonyl (C=O) groups is 5. The van der Waals surface area contributed by atoms with Gasteiger partial charge in [0, 0.05) is 62.9 Å². The largest absolute Gasteiger partial charge is 0.459 e. The van der Waals surface area contributed by atoms with Gasteiger partial charge in [-0.15, -0.1) is 0 Å². The normalized spacial score (nSPS) is 19.6. The molecule has 13 nitrogen and oxygen atoms in total. The summed E-state index contributed by atoms with van der Waals surface area (Å²) < 4.78 is 179. The molecule has 0 aliphatic carbocycles. The number of halogens is 9. The van der Waals surface area contributed by atoms with Gasteiger partial charge in [0.1, 0.15) is 30.2 Å². The number of ketones is 1. The van der Waals surface area contributed by atoms with E-state index in [2.05, 4.69) is 6.92 Å². The smallest absolute Gasteiger partial charge is 0.432 e. The number of ether oxygens (including phenoxy) is 8. The van der Waals surface area contributed by atoms with Crippen LogP contribution in [0.15, 0.2) is 103 Å². The van der Waals surface area contributed by atoms with Crippen LogP contribution in [-0.2, 0) is 78.7 Å². The predicted molar refractivity (Wildman–Crippen MR) is 302 cm³/mol. The fraction of sp³-hybridized carbons (Fsp3) is 0.615. The third-order valence-corrected chi connectivity index (χ3v) is 16.2. The first kappa shape index (κ1) is 71.9. The molecule has 0 radical (unpaired) electrons. The molecule has 2 aliphatic heterocycles. The molecule has 0 N–H and O–H groups in total. The van der Waals surface area contributed by atoms with Gasteiger partial charge in [0.2, 0.25) is 0 Å². The van der Waals surface area contributed by atoms with E-state index >= 15 is 26.3 Å². The summed E-state index contributed by atoms with van der Waals surface area (Å²) in [5.41, 5.74) is -12.1. The molecule has 0 spiro atoms. The number of hydrogen-bond acceptors (Lipinski definition) is 13. The minimum Gasteiger partial charge on any atom is -0.459 e. The van der Waals surface area contributed by atoms with Crippen LogP contribution in [0.4, 0.5) is 39.5 Å². The first-order chi connectivity index (χ1) is 41.4. The van der Waals surface area contributed by atoms with Crippen LogP contribution in [-0.4, -0.2) is 106 Å². The Kier molecular flexibility index (Phi) is 27.8. The summed E-state index contributed by atoms with van der Waals surface area (Å²) in [7, 11) is 2.19. The van der Waals surface area contributed by atoms with Crippen LogP contribution in [0.3, 0.4) is 0 Å². The number of alkyl halides is 9. The molecule has 22 heteroatoms. The lowest BCUT2D eigenvalue weighted by Crippen LogP contribution is -2.53. The zero-order valence-electron chi connectivity index (χ0n) is 50.2. The maximum absolute atomic E-state index is 15.2. The van der Waals surface area contributed by atoms with Crippen LogP contribution in [0.25, 0.3) is 0 Å². The fourth-order valence-electron chi connectivity index (χ4n) is 11.4. The summed E-state index contributed by atoms with van der Waals surface area (Å²) in [6.07, 6.45) is -11.0. The average molecular weight is 1240 g/mol. The van der Waals surface area contributed by atoms with Gasteiger partial charge in [0.25, 0.3) is 16.8 Å². The molecule has 2 aliphatic rings. The van der Waals surface area contributed by atoms with Gasteiger partial charge in [0.15, 0.2) is 0 Å². The minimum atomic E-state index is -5.35. The molecule has 0 saturated carbocycles. The van der Waals surface area contributed by atoms with Crippen molar-refractivity contribution < 1.29 is 101 Å². The van der Waals surface area contributed by atoms with Crippen molar-refractivity contribution in [3.63, 3.8) is 0 Å². The lowest BCUT2D eigenvalue weighted by Gasteiger charge is -2.36. The van der Waals surface area contributed by atoms with Crippen LogP contribution in [0.1, 0.15) is 178 Å². The molecular formula is C65H83F9O13. The van der Waals surface area contributed by atoms with Crippen molar-refractivity contribution in [2.24, 2.45) is 0 Å².